The average Bonchev–Trinajstić information content (AvgIpc) is 3.26. The molecule has 0 atom stereocenters. The number of H-pyrrole nitrogens is 1. The first-order chi connectivity index (χ1) is 14.2. The lowest BCUT2D eigenvalue weighted by Crippen LogP contribution is -2.35. The number of aromatic amines is 1. The number of aromatic nitrogens is 4. The Morgan fingerprint density at radius 2 is 1.83 bits per heavy atom. The van der Waals surface area contributed by atoms with E-state index in [0.717, 1.165) is 15.6 Å². The number of hydrogen-bond donors (Lipinski definition) is 3. The van der Waals surface area contributed by atoms with Crippen LogP contribution in [-0.4, -0.2) is 31.3 Å². The predicted octanol–water partition coefficient (Wildman–Crippen LogP) is 2.72. The lowest BCUT2D eigenvalue weighted by Gasteiger charge is -2.06. The summed E-state index contributed by atoms with van der Waals surface area (Å²) in [5.74, 6) is -2.44. The number of amides is 2. The SMILES string of the molecule is Cn1c(C(F)(F)F)nc2cc(NC(=O)C(=O)NCc3nc4ccccc4[nH]3)ccc21. The average molecular weight is 416 g/mol. The van der Waals surface area contributed by atoms with Crippen LogP contribution in [0.5, 0.6) is 0 Å². The van der Waals surface area contributed by atoms with Crippen molar-refractivity contribution in [3.8, 4) is 0 Å². The molecule has 154 valence electrons. The molecule has 0 fully saturated rings. The molecule has 2 aromatic carbocycles. The molecular weight excluding hydrogens is 401 g/mol. The Balaban J connectivity index is 1.43. The molecule has 0 radical (unpaired) electrons. The summed E-state index contributed by atoms with van der Waals surface area (Å²) in [6.45, 7) is 0.00908. The van der Waals surface area contributed by atoms with E-state index >= 15 is 0 Å². The summed E-state index contributed by atoms with van der Waals surface area (Å²) in [5, 5.41) is 4.79. The summed E-state index contributed by atoms with van der Waals surface area (Å²) in [4.78, 5) is 35.0. The number of halogens is 3. The second-order valence-electron chi connectivity index (χ2n) is 6.53. The van der Waals surface area contributed by atoms with Gasteiger partial charge in [-0.15, -0.1) is 0 Å². The van der Waals surface area contributed by atoms with Crippen LogP contribution in [-0.2, 0) is 29.4 Å². The van der Waals surface area contributed by atoms with Gasteiger partial charge in [-0.2, -0.15) is 13.2 Å². The minimum absolute atomic E-state index is 0.00908. The standard InChI is InChI=1S/C19H15F3N6O2/c1-28-14-7-6-10(8-13(14)27-18(28)19(20,21)22)24-17(30)16(29)23-9-15-25-11-4-2-3-5-12(11)26-15/h2-8H,9H2,1H3,(H,23,29)(H,24,30)(H,25,26). The van der Waals surface area contributed by atoms with Crippen LogP contribution in [0.25, 0.3) is 22.1 Å². The van der Waals surface area contributed by atoms with E-state index in [1.165, 1.54) is 25.2 Å². The molecule has 4 rings (SSSR count). The Kier molecular flexibility index (Phi) is 4.65. The summed E-state index contributed by atoms with van der Waals surface area (Å²) in [5.41, 5.74) is 1.97. The van der Waals surface area contributed by atoms with Crippen LogP contribution in [0.1, 0.15) is 11.6 Å². The fourth-order valence-electron chi connectivity index (χ4n) is 3.05. The molecule has 8 nitrogen and oxygen atoms in total. The summed E-state index contributed by atoms with van der Waals surface area (Å²) >= 11 is 0. The number of para-hydroxylation sites is 2. The smallest absolute Gasteiger partial charge is 0.341 e. The molecule has 11 heteroatoms. The van der Waals surface area contributed by atoms with Crippen LogP contribution < -0.4 is 10.6 Å². The van der Waals surface area contributed by atoms with Gasteiger partial charge in [0.25, 0.3) is 0 Å². The van der Waals surface area contributed by atoms with Crippen molar-refractivity contribution in [2.45, 2.75) is 12.7 Å². The fourth-order valence-corrected chi connectivity index (χ4v) is 3.05. The fraction of sp³-hybridized carbons (Fsp3) is 0.158. The number of hydrogen-bond acceptors (Lipinski definition) is 4. The molecule has 2 heterocycles. The topological polar surface area (TPSA) is 105 Å². The van der Waals surface area contributed by atoms with Gasteiger partial charge in [0.05, 0.1) is 28.6 Å². The molecule has 0 aliphatic carbocycles. The predicted molar refractivity (Wildman–Crippen MR) is 102 cm³/mol. The number of anilines is 1. The lowest BCUT2D eigenvalue weighted by molar-refractivity contribution is -0.146. The first-order valence-electron chi connectivity index (χ1n) is 8.79. The highest BCUT2D eigenvalue weighted by molar-refractivity contribution is 6.39. The van der Waals surface area contributed by atoms with Gasteiger partial charge < -0.3 is 20.2 Å². The largest absolute Gasteiger partial charge is 0.449 e. The van der Waals surface area contributed by atoms with Crippen molar-refractivity contribution in [1.82, 2.24) is 24.8 Å². The normalized spacial score (nSPS) is 11.7. The molecule has 3 N–H and O–H groups in total. The van der Waals surface area contributed by atoms with Gasteiger partial charge in [-0.1, -0.05) is 12.1 Å². The molecule has 4 aromatic rings. The van der Waals surface area contributed by atoms with Gasteiger partial charge in [0.15, 0.2) is 0 Å². The number of nitrogens with zero attached hydrogens (tertiary/aromatic N) is 3. The highest BCUT2D eigenvalue weighted by atomic mass is 19.4. The van der Waals surface area contributed by atoms with Crippen LogP contribution in [0.15, 0.2) is 42.5 Å². The Morgan fingerprint density at radius 3 is 2.57 bits per heavy atom. The number of rotatable bonds is 3. The number of benzene rings is 2. The monoisotopic (exact) mass is 416 g/mol. The lowest BCUT2D eigenvalue weighted by atomic mass is 10.2. The third-order valence-electron chi connectivity index (χ3n) is 4.45. The molecule has 0 spiro atoms. The minimum Gasteiger partial charge on any atom is -0.341 e. The van der Waals surface area contributed by atoms with Gasteiger partial charge in [0.2, 0.25) is 5.82 Å². The number of carbonyl (C=O) groups is 2. The highest BCUT2D eigenvalue weighted by Crippen LogP contribution is 2.31. The highest BCUT2D eigenvalue weighted by Gasteiger charge is 2.36. The summed E-state index contributed by atoms with van der Waals surface area (Å²) in [6.07, 6.45) is -4.60. The maximum absolute atomic E-state index is 13.0. The van der Waals surface area contributed by atoms with Crippen molar-refractivity contribution in [3.63, 3.8) is 0 Å². The second-order valence-corrected chi connectivity index (χ2v) is 6.53. The number of fused-ring (bicyclic) bond motifs is 2. The Morgan fingerprint density at radius 1 is 1.07 bits per heavy atom. The van der Waals surface area contributed by atoms with E-state index < -0.39 is 23.8 Å². The Bertz CT molecular complexity index is 1240. The zero-order valence-corrected chi connectivity index (χ0v) is 15.5. The second kappa shape index (κ2) is 7.17. The van der Waals surface area contributed by atoms with Crippen molar-refractivity contribution in [3.05, 3.63) is 54.1 Å². The van der Waals surface area contributed by atoms with Gasteiger partial charge in [-0.25, -0.2) is 9.97 Å². The van der Waals surface area contributed by atoms with Gasteiger partial charge in [0, 0.05) is 12.7 Å². The Labute approximate surface area is 167 Å². The van der Waals surface area contributed by atoms with Crippen molar-refractivity contribution in [2.24, 2.45) is 7.05 Å². The van der Waals surface area contributed by atoms with Crippen LogP contribution in [0.3, 0.4) is 0 Å². The molecule has 0 saturated carbocycles. The van der Waals surface area contributed by atoms with Gasteiger partial charge in [-0.05, 0) is 30.3 Å². The Hall–Kier alpha value is -3.89. The molecule has 0 unspecified atom stereocenters. The van der Waals surface area contributed by atoms with E-state index in [1.807, 2.05) is 24.3 Å². The molecule has 0 bridgehead atoms. The number of nitrogens with one attached hydrogen (secondary N) is 3. The molecule has 2 aromatic heterocycles. The van der Waals surface area contributed by atoms with E-state index in [-0.39, 0.29) is 23.3 Å². The minimum atomic E-state index is -4.60. The molecule has 30 heavy (non-hydrogen) atoms. The maximum atomic E-state index is 13.0. The number of alkyl halides is 3. The quantitative estimate of drug-likeness (QED) is 0.447. The molecule has 0 aliphatic rings. The number of aryl methyl sites for hydroxylation is 1. The molecule has 2 amide bonds. The van der Waals surface area contributed by atoms with Crippen molar-refractivity contribution >= 4 is 39.6 Å². The number of imidazole rings is 2. The van der Waals surface area contributed by atoms with E-state index in [1.54, 1.807) is 0 Å². The summed E-state index contributed by atoms with van der Waals surface area (Å²) < 4.78 is 39.9. The summed E-state index contributed by atoms with van der Waals surface area (Å²) in [6, 6.07) is 11.4. The van der Waals surface area contributed by atoms with Crippen LogP contribution in [0, 0.1) is 0 Å². The molecule has 0 aliphatic heterocycles. The van der Waals surface area contributed by atoms with Crippen LogP contribution in [0.4, 0.5) is 18.9 Å². The molecule has 0 saturated heterocycles. The van der Waals surface area contributed by atoms with Crippen molar-refractivity contribution < 1.29 is 22.8 Å². The number of carbonyl (C=O) groups excluding carboxylic acids is 2. The van der Waals surface area contributed by atoms with E-state index in [2.05, 4.69) is 25.6 Å². The zero-order chi connectivity index (χ0) is 21.5. The third-order valence-corrected chi connectivity index (χ3v) is 4.45. The third kappa shape index (κ3) is 3.69. The van der Waals surface area contributed by atoms with Gasteiger partial charge in [-0.3, -0.25) is 9.59 Å². The molecular formula is C19H15F3N6O2. The van der Waals surface area contributed by atoms with Gasteiger partial charge in [0.1, 0.15) is 5.82 Å². The first kappa shape index (κ1) is 19.4. The van der Waals surface area contributed by atoms with E-state index in [0.29, 0.717) is 5.82 Å². The van der Waals surface area contributed by atoms with E-state index in [9.17, 15) is 22.8 Å². The van der Waals surface area contributed by atoms with Crippen molar-refractivity contribution in [1.29, 1.82) is 0 Å². The first-order valence-corrected chi connectivity index (χ1v) is 8.79. The summed E-state index contributed by atoms with van der Waals surface area (Å²) in [7, 11) is 1.25. The van der Waals surface area contributed by atoms with Crippen LogP contribution >= 0.6 is 0 Å². The maximum Gasteiger partial charge on any atom is 0.449 e. The van der Waals surface area contributed by atoms with E-state index in [4.69, 9.17) is 0 Å². The van der Waals surface area contributed by atoms with Crippen LogP contribution in [0.2, 0.25) is 0 Å². The van der Waals surface area contributed by atoms with Crippen molar-refractivity contribution in [2.75, 3.05) is 5.32 Å². The zero-order valence-electron chi connectivity index (χ0n) is 15.5. The van der Waals surface area contributed by atoms with Gasteiger partial charge >= 0.3 is 18.0 Å².